The number of phosphoric acid groups is 3. The Bertz CT molecular complexity index is 1300. The minimum atomic E-state index is -5.76. The number of halogens is 1. The standard InChI is InChI=1S/C13H17FN3O14P3/c1-4-11(14)16-12-6(15-4)2-5(13(20)17-12)10-9(19)8(18)7(29-10)3-28-33(24,25)31-34(26,27)30-32(21,22)23/h2,7-10,18-19H,3H2,1H3,(H,24,25)(H,26,27)(H,16,17,20)(H2,21,22,23)/t7-,8?,9+,10+/m1/s1. The molecular formula is C13H17FN3O14P3. The van der Waals surface area contributed by atoms with Gasteiger partial charge in [-0.3, -0.25) is 9.32 Å². The summed E-state index contributed by atoms with van der Waals surface area (Å²) in [5.74, 6) is -0.921. The molecule has 0 aliphatic carbocycles. The lowest BCUT2D eigenvalue weighted by Crippen LogP contribution is -2.33. The summed E-state index contributed by atoms with van der Waals surface area (Å²) in [5, 5.41) is 20.5. The molecule has 0 amide bonds. The predicted octanol–water partition coefficient (Wildman–Crippen LogP) is -0.729. The Kier molecular flexibility index (Phi) is 7.59. The summed E-state index contributed by atoms with van der Waals surface area (Å²) in [5.41, 5.74) is -1.41. The van der Waals surface area contributed by atoms with Gasteiger partial charge in [-0.05, 0) is 13.0 Å². The van der Waals surface area contributed by atoms with E-state index in [4.69, 9.17) is 19.4 Å². The van der Waals surface area contributed by atoms with Crippen LogP contribution in [-0.4, -0.2) is 69.7 Å². The molecule has 34 heavy (non-hydrogen) atoms. The molecule has 3 heterocycles. The number of aliphatic hydroxyl groups is 2. The lowest BCUT2D eigenvalue weighted by Gasteiger charge is -2.19. The number of aryl methyl sites for hydroxylation is 1. The van der Waals surface area contributed by atoms with E-state index in [2.05, 4.69) is 28.1 Å². The molecule has 1 fully saturated rings. The third-order valence-electron chi connectivity index (χ3n) is 4.31. The maximum absolute atomic E-state index is 13.6. The molecule has 1 saturated heterocycles. The Morgan fingerprint density at radius 3 is 2.35 bits per heavy atom. The van der Waals surface area contributed by atoms with Crippen LogP contribution in [0.3, 0.4) is 0 Å². The number of hydrogen-bond acceptors (Lipinski definition) is 12. The van der Waals surface area contributed by atoms with Gasteiger partial charge in [-0.25, -0.2) is 18.7 Å². The highest BCUT2D eigenvalue weighted by molar-refractivity contribution is 7.66. The van der Waals surface area contributed by atoms with E-state index in [1.807, 2.05) is 0 Å². The molecule has 0 radical (unpaired) electrons. The molecule has 1 aliphatic heterocycles. The number of fused-ring (bicyclic) bond motifs is 1. The zero-order chi connectivity index (χ0) is 25.6. The molecule has 3 rings (SSSR count). The summed E-state index contributed by atoms with van der Waals surface area (Å²) in [6.07, 6.45) is -6.71. The number of rotatable bonds is 8. The fourth-order valence-corrected chi connectivity index (χ4v) is 5.96. The molecule has 7 N–H and O–H groups in total. The Morgan fingerprint density at radius 2 is 1.74 bits per heavy atom. The van der Waals surface area contributed by atoms with Crippen LogP contribution in [0.2, 0.25) is 0 Å². The molecule has 0 aromatic carbocycles. The van der Waals surface area contributed by atoms with Crippen molar-refractivity contribution < 1.29 is 65.8 Å². The SMILES string of the molecule is Cc1nc2cc([C@@H]3O[C@H](COP(=O)(O)OP(=O)(O)OP(=O)(O)O)C(O)[C@@H]3O)c(=O)[nH]c2nc1F. The van der Waals surface area contributed by atoms with Crippen molar-refractivity contribution in [2.75, 3.05) is 6.61 Å². The van der Waals surface area contributed by atoms with Gasteiger partial charge in [0.1, 0.15) is 29.9 Å². The number of aliphatic hydroxyl groups excluding tert-OH is 2. The molecule has 17 nitrogen and oxygen atoms in total. The normalized spacial score (nSPS) is 26.9. The van der Waals surface area contributed by atoms with Gasteiger partial charge in [-0.2, -0.15) is 18.0 Å². The van der Waals surface area contributed by atoms with Gasteiger partial charge >= 0.3 is 23.5 Å². The molecule has 0 saturated carbocycles. The average molecular weight is 551 g/mol. The molecule has 6 atom stereocenters. The van der Waals surface area contributed by atoms with Crippen molar-refractivity contribution in [3.05, 3.63) is 33.6 Å². The molecule has 21 heteroatoms. The first-order valence-corrected chi connectivity index (χ1v) is 13.4. The Balaban J connectivity index is 1.75. The molecule has 1 aliphatic rings. The van der Waals surface area contributed by atoms with Gasteiger partial charge in [0, 0.05) is 0 Å². The summed E-state index contributed by atoms with van der Waals surface area (Å²) in [6, 6.07) is 1.12. The third-order valence-corrected chi connectivity index (χ3v) is 8.12. The number of nitrogens with one attached hydrogen (secondary N) is 1. The fourth-order valence-electron chi connectivity index (χ4n) is 2.93. The van der Waals surface area contributed by atoms with Crippen LogP contribution in [0.5, 0.6) is 0 Å². The first-order valence-electron chi connectivity index (χ1n) is 8.85. The molecule has 190 valence electrons. The minimum absolute atomic E-state index is 0.0236. The quantitative estimate of drug-likeness (QED) is 0.199. The summed E-state index contributed by atoms with van der Waals surface area (Å²) in [4.78, 5) is 57.7. The van der Waals surface area contributed by atoms with Crippen molar-refractivity contribution in [3.8, 4) is 0 Å². The molecule has 2 aromatic heterocycles. The largest absolute Gasteiger partial charge is 0.490 e. The second kappa shape index (κ2) is 9.52. The van der Waals surface area contributed by atoms with Crippen LogP contribution in [-0.2, 0) is 31.6 Å². The van der Waals surface area contributed by atoms with Crippen LogP contribution in [0, 0.1) is 12.9 Å². The monoisotopic (exact) mass is 551 g/mol. The summed E-state index contributed by atoms with van der Waals surface area (Å²) in [7, 11) is -16.9. The number of aromatic amines is 1. The van der Waals surface area contributed by atoms with Crippen LogP contribution in [0.15, 0.2) is 10.9 Å². The Morgan fingerprint density at radius 1 is 1.09 bits per heavy atom. The van der Waals surface area contributed by atoms with E-state index in [0.29, 0.717) is 0 Å². The highest BCUT2D eigenvalue weighted by Crippen LogP contribution is 2.66. The number of hydrogen-bond donors (Lipinski definition) is 7. The van der Waals surface area contributed by atoms with E-state index in [1.54, 1.807) is 0 Å². The predicted molar refractivity (Wildman–Crippen MR) is 104 cm³/mol. The number of ether oxygens (including phenoxy) is 1. The van der Waals surface area contributed by atoms with Crippen LogP contribution in [0.1, 0.15) is 17.4 Å². The second-order valence-electron chi connectivity index (χ2n) is 6.85. The Labute approximate surface area is 187 Å². The van der Waals surface area contributed by atoms with E-state index in [1.165, 1.54) is 6.92 Å². The first-order chi connectivity index (χ1) is 15.5. The van der Waals surface area contributed by atoms with E-state index in [0.717, 1.165) is 6.07 Å². The van der Waals surface area contributed by atoms with Crippen molar-refractivity contribution in [1.29, 1.82) is 0 Å². The van der Waals surface area contributed by atoms with Gasteiger partial charge < -0.3 is 39.5 Å². The van der Waals surface area contributed by atoms with Crippen LogP contribution in [0.25, 0.3) is 11.2 Å². The lowest BCUT2D eigenvalue weighted by molar-refractivity contribution is -0.0226. The lowest BCUT2D eigenvalue weighted by atomic mass is 10.0. The van der Waals surface area contributed by atoms with Crippen molar-refractivity contribution >= 4 is 34.6 Å². The van der Waals surface area contributed by atoms with Crippen molar-refractivity contribution in [1.82, 2.24) is 15.0 Å². The molecule has 0 spiro atoms. The maximum atomic E-state index is 13.6. The first kappa shape index (κ1) is 27.1. The number of aromatic nitrogens is 3. The molecule has 3 unspecified atom stereocenters. The van der Waals surface area contributed by atoms with Crippen molar-refractivity contribution in [2.45, 2.75) is 31.3 Å². The van der Waals surface area contributed by atoms with Crippen LogP contribution < -0.4 is 5.56 Å². The highest BCUT2D eigenvalue weighted by Gasteiger charge is 2.47. The number of pyridine rings is 1. The van der Waals surface area contributed by atoms with E-state index >= 15 is 0 Å². The smallest absolute Gasteiger partial charge is 0.387 e. The van der Waals surface area contributed by atoms with E-state index in [-0.39, 0.29) is 22.4 Å². The van der Waals surface area contributed by atoms with Crippen molar-refractivity contribution in [3.63, 3.8) is 0 Å². The molecule has 2 aromatic rings. The zero-order valence-electron chi connectivity index (χ0n) is 16.7. The van der Waals surface area contributed by atoms with Gasteiger partial charge in [0.05, 0.1) is 17.9 Å². The summed E-state index contributed by atoms with van der Waals surface area (Å²) < 4.78 is 64.2. The van der Waals surface area contributed by atoms with E-state index in [9.17, 15) is 38.0 Å². The Hall–Kier alpha value is -1.49. The minimum Gasteiger partial charge on any atom is -0.387 e. The van der Waals surface area contributed by atoms with Crippen LogP contribution >= 0.6 is 23.5 Å². The number of H-pyrrole nitrogens is 1. The number of phosphoric ester groups is 1. The van der Waals surface area contributed by atoms with Gasteiger partial charge in [0.2, 0.25) is 5.95 Å². The van der Waals surface area contributed by atoms with Crippen LogP contribution in [0.4, 0.5) is 4.39 Å². The molecule has 0 bridgehead atoms. The van der Waals surface area contributed by atoms with E-state index < -0.39 is 66.0 Å². The maximum Gasteiger partial charge on any atom is 0.490 e. The van der Waals surface area contributed by atoms with Crippen molar-refractivity contribution in [2.24, 2.45) is 0 Å². The summed E-state index contributed by atoms with van der Waals surface area (Å²) >= 11 is 0. The van der Waals surface area contributed by atoms with Gasteiger partial charge in [-0.15, -0.1) is 0 Å². The second-order valence-corrected chi connectivity index (χ2v) is 11.3. The average Bonchev–Trinajstić information content (AvgIpc) is 2.93. The number of nitrogens with zero attached hydrogens (tertiary/aromatic N) is 2. The third kappa shape index (κ3) is 6.38. The van der Waals surface area contributed by atoms with Gasteiger partial charge in [0.25, 0.3) is 5.56 Å². The highest BCUT2D eigenvalue weighted by atomic mass is 31.3. The van der Waals surface area contributed by atoms with Gasteiger partial charge in [-0.1, -0.05) is 0 Å². The molecular weight excluding hydrogens is 534 g/mol. The zero-order valence-corrected chi connectivity index (χ0v) is 19.3. The van der Waals surface area contributed by atoms with Gasteiger partial charge in [0.15, 0.2) is 5.65 Å². The fraction of sp³-hybridized carbons (Fsp3) is 0.462. The topological polar surface area (TPSA) is 268 Å². The summed E-state index contributed by atoms with van der Waals surface area (Å²) in [6.45, 7) is 0.254.